The Kier molecular flexibility index (Phi) is 3.68. The van der Waals surface area contributed by atoms with Gasteiger partial charge in [-0.15, -0.1) is 0 Å². The standard InChI is InChI=1S/C13H12ClNO3S/c1-19(16,17)9-6-7-13(11(15)8-9)18-12-5-3-2-4-10(12)14/h2-8H,15H2,1H3. The Hall–Kier alpha value is -1.72. The molecule has 6 heteroatoms. The van der Waals surface area contributed by atoms with Crippen LogP contribution in [0, 0.1) is 0 Å². The van der Waals surface area contributed by atoms with Gasteiger partial charge in [-0.2, -0.15) is 0 Å². The Labute approximate surface area is 116 Å². The van der Waals surface area contributed by atoms with Crippen molar-refractivity contribution in [3.8, 4) is 11.5 Å². The van der Waals surface area contributed by atoms with E-state index in [0.29, 0.717) is 16.5 Å². The first-order chi connectivity index (χ1) is 8.88. The van der Waals surface area contributed by atoms with Crippen molar-refractivity contribution >= 4 is 27.1 Å². The number of para-hydroxylation sites is 1. The lowest BCUT2D eigenvalue weighted by molar-refractivity contribution is 0.485. The van der Waals surface area contributed by atoms with Gasteiger partial charge in [0.2, 0.25) is 0 Å². The number of nitrogens with two attached hydrogens (primary N) is 1. The maximum Gasteiger partial charge on any atom is 0.175 e. The molecular formula is C13H12ClNO3S. The summed E-state index contributed by atoms with van der Waals surface area (Å²) in [4.78, 5) is 0.150. The third-order valence-corrected chi connectivity index (χ3v) is 3.89. The molecule has 0 aliphatic carbocycles. The van der Waals surface area contributed by atoms with Crippen LogP contribution in [-0.2, 0) is 9.84 Å². The lowest BCUT2D eigenvalue weighted by atomic mass is 10.3. The van der Waals surface area contributed by atoms with Gasteiger partial charge in [-0.1, -0.05) is 23.7 Å². The van der Waals surface area contributed by atoms with E-state index in [9.17, 15) is 8.42 Å². The van der Waals surface area contributed by atoms with Gasteiger partial charge in [-0.25, -0.2) is 8.42 Å². The summed E-state index contributed by atoms with van der Waals surface area (Å²) in [7, 11) is -3.28. The van der Waals surface area contributed by atoms with Gasteiger partial charge < -0.3 is 10.5 Å². The van der Waals surface area contributed by atoms with Crippen LogP contribution in [-0.4, -0.2) is 14.7 Å². The molecule has 0 aromatic heterocycles. The Morgan fingerprint density at radius 1 is 1.11 bits per heavy atom. The monoisotopic (exact) mass is 297 g/mol. The molecule has 4 nitrogen and oxygen atoms in total. The summed E-state index contributed by atoms with van der Waals surface area (Å²) in [5, 5.41) is 0.453. The largest absolute Gasteiger partial charge is 0.454 e. The summed E-state index contributed by atoms with van der Waals surface area (Å²) in [6.45, 7) is 0. The van der Waals surface area contributed by atoms with Gasteiger partial charge in [0.05, 0.1) is 15.6 Å². The lowest BCUT2D eigenvalue weighted by Gasteiger charge is -2.10. The second-order valence-electron chi connectivity index (χ2n) is 4.00. The summed E-state index contributed by atoms with van der Waals surface area (Å²) in [5.41, 5.74) is 6.02. The molecule has 19 heavy (non-hydrogen) atoms. The number of nitrogen functional groups attached to an aromatic ring is 1. The van der Waals surface area contributed by atoms with Crippen LogP contribution in [0.1, 0.15) is 0 Å². The maximum absolute atomic E-state index is 11.4. The summed E-state index contributed by atoms with van der Waals surface area (Å²) in [6.07, 6.45) is 1.12. The van der Waals surface area contributed by atoms with Crippen molar-refractivity contribution in [1.29, 1.82) is 0 Å². The number of hydrogen-bond acceptors (Lipinski definition) is 4. The van der Waals surface area contributed by atoms with Crippen LogP contribution in [0.25, 0.3) is 0 Å². The summed E-state index contributed by atoms with van der Waals surface area (Å²) in [6, 6.07) is 11.3. The summed E-state index contributed by atoms with van der Waals surface area (Å²) < 4.78 is 28.3. The zero-order valence-electron chi connectivity index (χ0n) is 10.1. The van der Waals surface area contributed by atoms with E-state index in [1.165, 1.54) is 18.2 Å². The van der Waals surface area contributed by atoms with Crippen molar-refractivity contribution < 1.29 is 13.2 Å². The fourth-order valence-electron chi connectivity index (χ4n) is 1.50. The fraction of sp³-hybridized carbons (Fsp3) is 0.0769. The highest BCUT2D eigenvalue weighted by molar-refractivity contribution is 7.90. The van der Waals surface area contributed by atoms with E-state index >= 15 is 0 Å². The van der Waals surface area contributed by atoms with E-state index in [0.717, 1.165) is 6.26 Å². The van der Waals surface area contributed by atoms with Gasteiger partial charge in [0, 0.05) is 6.26 Å². The SMILES string of the molecule is CS(=O)(=O)c1ccc(Oc2ccccc2Cl)c(N)c1. The molecule has 0 aliphatic rings. The van der Waals surface area contributed by atoms with E-state index in [4.69, 9.17) is 22.1 Å². The van der Waals surface area contributed by atoms with Crippen molar-refractivity contribution in [2.45, 2.75) is 4.90 Å². The molecule has 0 amide bonds. The molecule has 0 atom stereocenters. The molecule has 0 unspecified atom stereocenters. The Balaban J connectivity index is 2.36. The Bertz CT molecular complexity index is 714. The van der Waals surface area contributed by atoms with Crippen LogP contribution >= 0.6 is 11.6 Å². The van der Waals surface area contributed by atoms with E-state index in [1.807, 2.05) is 0 Å². The fourth-order valence-corrected chi connectivity index (χ4v) is 2.33. The van der Waals surface area contributed by atoms with E-state index in [2.05, 4.69) is 0 Å². The predicted molar refractivity (Wildman–Crippen MR) is 75.5 cm³/mol. The van der Waals surface area contributed by atoms with Crippen LogP contribution in [0.2, 0.25) is 5.02 Å². The van der Waals surface area contributed by atoms with Crippen molar-refractivity contribution in [2.24, 2.45) is 0 Å². The molecule has 100 valence electrons. The predicted octanol–water partition coefficient (Wildman–Crippen LogP) is 3.12. The minimum absolute atomic E-state index is 0.150. The first-order valence-electron chi connectivity index (χ1n) is 5.40. The number of benzene rings is 2. The molecule has 0 spiro atoms. The molecule has 0 saturated carbocycles. The van der Waals surface area contributed by atoms with Gasteiger partial charge in [0.15, 0.2) is 9.84 Å². The number of rotatable bonds is 3. The molecule has 0 saturated heterocycles. The summed E-state index contributed by atoms with van der Waals surface area (Å²) in [5.74, 6) is 0.823. The molecule has 0 fully saturated rings. The van der Waals surface area contributed by atoms with Gasteiger partial charge in [-0.3, -0.25) is 0 Å². The average Bonchev–Trinajstić information content (AvgIpc) is 2.33. The summed E-state index contributed by atoms with van der Waals surface area (Å²) >= 11 is 5.97. The van der Waals surface area contributed by atoms with E-state index < -0.39 is 9.84 Å². The number of anilines is 1. The van der Waals surface area contributed by atoms with Crippen LogP contribution in [0.15, 0.2) is 47.4 Å². The number of hydrogen-bond donors (Lipinski definition) is 1. The second kappa shape index (κ2) is 5.11. The molecule has 2 N–H and O–H groups in total. The number of ether oxygens (including phenoxy) is 1. The highest BCUT2D eigenvalue weighted by Crippen LogP contribution is 2.33. The maximum atomic E-state index is 11.4. The van der Waals surface area contributed by atoms with Crippen molar-refractivity contribution in [3.05, 3.63) is 47.5 Å². The van der Waals surface area contributed by atoms with Gasteiger partial charge in [0.1, 0.15) is 11.5 Å². The molecule has 2 aromatic rings. The smallest absolute Gasteiger partial charge is 0.175 e. The van der Waals surface area contributed by atoms with Crippen LogP contribution in [0.4, 0.5) is 5.69 Å². The van der Waals surface area contributed by atoms with Crippen LogP contribution < -0.4 is 10.5 Å². The lowest BCUT2D eigenvalue weighted by Crippen LogP contribution is -2.00. The highest BCUT2D eigenvalue weighted by Gasteiger charge is 2.11. The molecule has 0 aliphatic heterocycles. The molecule has 2 aromatic carbocycles. The third kappa shape index (κ3) is 3.19. The highest BCUT2D eigenvalue weighted by atomic mass is 35.5. The molecule has 0 bridgehead atoms. The number of sulfone groups is 1. The minimum Gasteiger partial charge on any atom is -0.454 e. The minimum atomic E-state index is -3.28. The average molecular weight is 298 g/mol. The van der Waals surface area contributed by atoms with Gasteiger partial charge in [0.25, 0.3) is 0 Å². The quantitative estimate of drug-likeness (QED) is 0.884. The van der Waals surface area contributed by atoms with E-state index in [-0.39, 0.29) is 10.6 Å². The first kappa shape index (κ1) is 13.7. The zero-order chi connectivity index (χ0) is 14.0. The molecule has 2 rings (SSSR count). The normalized spacial score (nSPS) is 11.3. The van der Waals surface area contributed by atoms with Gasteiger partial charge in [-0.05, 0) is 30.3 Å². The van der Waals surface area contributed by atoms with Gasteiger partial charge >= 0.3 is 0 Å². The van der Waals surface area contributed by atoms with Crippen molar-refractivity contribution in [1.82, 2.24) is 0 Å². The third-order valence-electron chi connectivity index (χ3n) is 2.47. The van der Waals surface area contributed by atoms with Crippen molar-refractivity contribution in [2.75, 3.05) is 12.0 Å². The second-order valence-corrected chi connectivity index (χ2v) is 6.43. The Morgan fingerprint density at radius 2 is 1.79 bits per heavy atom. The first-order valence-corrected chi connectivity index (χ1v) is 7.67. The van der Waals surface area contributed by atoms with Crippen LogP contribution in [0.5, 0.6) is 11.5 Å². The Morgan fingerprint density at radius 3 is 2.37 bits per heavy atom. The zero-order valence-corrected chi connectivity index (χ0v) is 11.7. The molecule has 0 heterocycles. The van der Waals surface area contributed by atoms with Crippen molar-refractivity contribution in [3.63, 3.8) is 0 Å². The van der Waals surface area contributed by atoms with Crippen LogP contribution in [0.3, 0.4) is 0 Å². The molecule has 0 radical (unpaired) electrons. The van der Waals surface area contributed by atoms with E-state index in [1.54, 1.807) is 24.3 Å². The number of halogens is 1. The topological polar surface area (TPSA) is 69.4 Å². The molecular weight excluding hydrogens is 286 g/mol.